The van der Waals surface area contributed by atoms with Gasteiger partial charge in [-0.2, -0.15) is 5.10 Å². The van der Waals surface area contributed by atoms with Crippen LogP contribution in [0.15, 0.2) is 23.1 Å². The molecule has 46 heavy (non-hydrogen) atoms. The van der Waals surface area contributed by atoms with Crippen LogP contribution in [0.1, 0.15) is 54.9 Å². The first-order valence-electron chi connectivity index (χ1n) is 14.2. The number of hydrogen-bond donors (Lipinski definition) is 2. The molecule has 2 saturated heterocycles. The van der Waals surface area contributed by atoms with E-state index in [1.165, 1.54) is 30.7 Å². The molecular weight excluding hydrogens is 612 g/mol. The van der Waals surface area contributed by atoms with Crippen molar-refractivity contribution >= 4 is 48.1 Å². The van der Waals surface area contributed by atoms with E-state index < -0.39 is 47.5 Å². The summed E-state index contributed by atoms with van der Waals surface area (Å²) in [4.78, 5) is 29.8. The van der Waals surface area contributed by atoms with Crippen molar-refractivity contribution in [2.45, 2.75) is 75.0 Å². The molecule has 2 N–H and O–H groups in total. The minimum atomic E-state index is -2.87. The number of methoxy groups -OCH3 is 2. The van der Waals surface area contributed by atoms with Gasteiger partial charge in [0.1, 0.15) is 13.4 Å². The molecule has 1 saturated carbocycles. The first-order valence-corrected chi connectivity index (χ1v) is 14.2. The Morgan fingerprint density at radius 1 is 1.28 bits per heavy atom. The van der Waals surface area contributed by atoms with Crippen LogP contribution in [0, 0.1) is 5.92 Å². The zero-order valence-corrected chi connectivity index (χ0v) is 25.5. The average molecular weight is 642 g/mol. The Morgan fingerprint density at radius 2 is 1.98 bits per heavy atom. The summed E-state index contributed by atoms with van der Waals surface area (Å²) in [6.45, 7) is 0.746. The van der Waals surface area contributed by atoms with E-state index in [1.807, 2.05) is 5.32 Å². The maximum atomic E-state index is 15.1. The minimum Gasteiger partial charge on any atom is -0.477 e. The van der Waals surface area contributed by atoms with Gasteiger partial charge in [-0.25, -0.2) is 32.1 Å². The van der Waals surface area contributed by atoms with Gasteiger partial charge in [0.05, 0.1) is 58.9 Å². The highest BCUT2D eigenvalue weighted by atomic mass is 19.3. The molecule has 2 aliphatic heterocycles. The van der Waals surface area contributed by atoms with E-state index >= 15 is 4.39 Å². The zero-order chi connectivity index (χ0) is 34.0. The van der Waals surface area contributed by atoms with Gasteiger partial charge in [-0.3, -0.25) is 4.79 Å². The topological polar surface area (TPSA) is 149 Å². The molecule has 13 nitrogen and oxygen atoms in total. The van der Waals surface area contributed by atoms with Crippen molar-refractivity contribution in [1.29, 1.82) is 0 Å². The molecule has 0 aromatic carbocycles. The van der Waals surface area contributed by atoms with Crippen LogP contribution in [0.2, 0.25) is 0 Å². The lowest BCUT2D eigenvalue weighted by atomic mass is 9.53. The second-order valence-electron chi connectivity index (χ2n) is 11.1. The molecule has 3 aromatic rings. The minimum absolute atomic E-state index is 0.0109. The van der Waals surface area contributed by atoms with E-state index in [9.17, 15) is 22.7 Å². The fourth-order valence-corrected chi connectivity index (χ4v) is 4.49. The van der Waals surface area contributed by atoms with Gasteiger partial charge in [-0.1, -0.05) is 13.8 Å². The number of nitrogens with zero attached hydrogens (tertiary/aromatic N) is 6. The molecule has 3 unspecified atom stereocenters. The van der Waals surface area contributed by atoms with Gasteiger partial charge in [0.2, 0.25) is 12.1 Å². The number of fused-ring (bicyclic) bond motifs is 2. The molecule has 3 aromatic heterocycles. The van der Waals surface area contributed by atoms with Crippen LogP contribution in [0.25, 0.3) is 5.65 Å². The van der Waals surface area contributed by atoms with Crippen LogP contribution in [-0.4, -0.2) is 115 Å². The third-order valence-electron chi connectivity index (χ3n) is 7.84. The van der Waals surface area contributed by atoms with Crippen molar-refractivity contribution in [2.75, 3.05) is 14.2 Å². The maximum Gasteiger partial charge on any atom is 0.407 e. The molecule has 3 atom stereocenters. The Kier molecular flexibility index (Phi) is 10.3. The van der Waals surface area contributed by atoms with Crippen molar-refractivity contribution in [3.63, 3.8) is 0 Å². The van der Waals surface area contributed by atoms with Crippen molar-refractivity contribution in [3.05, 3.63) is 35.4 Å². The molecule has 3 fully saturated rings. The number of carbonyl (C=O) groups excluding carboxylic acids is 2. The quantitative estimate of drug-likeness (QED) is 0.260. The number of imidazole rings is 1. The lowest BCUT2D eigenvalue weighted by Gasteiger charge is -2.46. The Bertz CT molecular complexity index is 1550. The predicted octanol–water partition coefficient (Wildman–Crippen LogP) is 1.29. The number of ether oxygens (including phenoxy) is 2. The lowest BCUT2D eigenvalue weighted by molar-refractivity contribution is 0.0845. The molecule has 21 heteroatoms. The van der Waals surface area contributed by atoms with Crippen LogP contribution in [0.5, 0.6) is 5.88 Å². The van der Waals surface area contributed by atoms with E-state index in [0.717, 1.165) is 4.90 Å². The van der Waals surface area contributed by atoms with Crippen LogP contribution >= 0.6 is 0 Å². The number of aromatic nitrogens is 5. The number of hydrogen-bond acceptors (Lipinski definition) is 9. The van der Waals surface area contributed by atoms with Gasteiger partial charge < -0.3 is 29.3 Å². The van der Waals surface area contributed by atoms with Crippen LogP contribution in [0.4, 0.5) is 22.3 Å². The third-order valence-corrected chi connectivity index (χ3v) is 7.84. The highest BCUT2D eigenvalue weighted by Crippen LogP contribution is 2.59. The largest absolute Gasteiger partial charge is 0.477 e. The summed E-state index contributed by atoms with van der Waals surface area (Å²) in [6, 6.07) is 0.618. The molecule has 5 heterocycles. The van der Waals surface area contributed by atoms with E-state index in [2.05, 4.69) is 30.3 Å². The van der Waals surface area contributed by atoms with Crippen LogP contribution in [0.3, 0.4) is 0 Å². The summed E-state index contributed by atoms with van der Waals surface area (Å²) < 4.78 is 68.0. The first-order chi connectivity index (χ1) is 21.6. The second kappa shape index (κ2) is 13.5. The number of rotatable bonds is 9. The SMILES string of the molecule is CCC(C)C(F)F.COC1CC1.[B]C1([B])NC(=O)N(Cc2cnn3cc(CNC(=O)c4nonc4OC)nc3c2)C2([B])B(F)C12F. The highest BCUT2D eigenvalue weighted by molar-refractivity contribution is 6.85. The van der Waals surface area contributed by atoms with Gasteiger partial charge >= 0.3 is 13.0 Å². The summed E-state index contributed by atoms with van der Waals surface area (Å²) in [5.41, 5.74) is -1.83. The van der Waals surface area contributed by atoms with E-state index in [0.29, 0.717) is 29.4 Å². The Morgan fingerprint density at radius 3 is 2.52 bits per heavy atom. The number of halogens is 4. The molecule has 6 rings (SSSR count). The number of urea groups is 1. The zero-order valence-electron chi connectivity index (χ0n) is 25.5. The van der Waals surface area contributed by atoms with Gasteiger partial charge in [-0.15, -0.1) is 0 Å². The van der Waals surface area contributed by atoms with Gasteiger partial charge in [0.25, 0.3) is 11.8 Å². The molecular formula is C25H30B4F4N8O5. The first kappa shape index (κ1) is 35.1. The van der Waals surface area contributed by atoms with Crippen LogP contribution < -0.4 is 15.4 Å². The number of alkyl halides is 3. The molecule has 1 aliphatic carbocycles. The molecule has 6 radical (unpaired) electrons. The molecule has 3 aliphatic rings. The molecule has 3 amide bonds. The van der Waals surface area contributed by atoms with E-state index in [-0.39, 0.29) is 24.7 Å². The number of amides is 3. The standard InChI is InChI=1S/C16H12B4F2N8O4.C5H10F2.C4H8O/c1-33-12-10(27-34-28-12)11(31)23-4-8-6-30-9(25-8)2-7(3-24-30)5-29-13(32)26-15(17,18)14(21)16(29,19)20(14)22;1-3-4(2)5(6)7;1-5-4-2-3-4/h2-3,6H,4-5H2,1H3,(H,23,31)(H,26,32);4-5H,3H2,1-2H3;4H,2-3H2,1H3. The maximum absolute atomic E-state index is 15.1. The Labute approximate surface area is 266 Å². The fraction of sp³-hybridized carbons (Fsp3) is 0.600. The summed E-state index contributed by atoms with van der Waals surface area (Å²) in [5, 5.41) is 10.9. The monoisotopic (exact) mass is 642 g/mol. The fourth-order valence-electron chi connectivity index (χ4n) is 4.49. The van der Waals surface area contributed by atoms with E-state index in [4.69, 9.17) is 33.0 Å². The third kappa shape index (κ3) is 6.69. The molecule has 240 valence electrons. The van der Waals surface area contributed by atoms with Gasteiger partial charge in [0.15, 0.2) is 5.65 Å². The highest BCUT2D eigenvalue weighted by Gasteiger charge is 2.89. The van der Waals surface area contributed by atoms with Crippen molar-refractivity contribution in [3.8, 4) is 5.88 Å². The van der Waals surface area contributed by atoms with Crippen molar-refractivity contribution < 1.29 is 41.2 Å². The molecule has 0 spiro atoms. The summed E-state index contributed by atoms with van der Waals surface area (Å²) in [6.07, 6.45) is 4.57. The lowest BCUT2D eigenvalue weighted by Crippen LogP contribution is -2.71. The van der Waals surface area contributed by atoms with Crippen LogP contribution in [-0.2, 0) is 17.8 Å². The smallest absolute Gasteiger partial charge is 0.407 e. The van der Waals surface area contributed by atoms with Crippen molar-refractivity contribution in [1.82, 2.24) is 40.4 Å². The summed E-state index contributed by atoms with van der Waals surface area (Å²) in [5.74, 6) is -1.09. The second-order valence-corrected chi connectivity index (χ2v) is 11.1. The van der Waals surface area contributed by atoms with Crippen molar-refractivity contribution in [2.24, 2.45) is 5.92 Å². The van der Waals surface area contributed by atoms with E-state index in [1.54, 1.807) is 33.2 Å². The number of nitrogens with one attached hydrogen (secondary N) is 2. The summed E-state index contributed by atoms with van der Waals surface area (Å²) >= 11 is 0. The normalized spacial score (nSPS) is 23.4. The van der Waals surface area contributed by atoms with Gasteiger partial charge in [0, 0.05) is 19.6 Å². The Balaban J connectivity index is 0.000000337. The Hall–Kier alpha value is -3.76. The summed E-state index contributed by atoms with van der Waals surface area (Å²) in [7, 11) is 20.0. The number of carbonyl (C=O) groups is 2. The molecule has 0 bridgehead atoms. The average Bonchev–Trinajstić information content (AvgIpc) is 3.77. The predicted molar refractivity (Wildman–Crippen MR) is 158 cm³/mol. The van der Waals surface area contributed by atoms with Gasteiger partial charge in [-0.05, 0) is 46.5 Å².